The number of anilines is 2. The molecule has 98 valence electrons. The summed E-state index contributed by atoms with van der Waals surface area (Å²) in [5.41, 5.74) is 3.36. The summed E-state index contributed by atoms with van der Waals surface area (Å²) in [6.07, 6.45) is 3.36. The van der Waals surface area contributed by atoms with Gasteiger partial charge in [0.25, 0.3) is 5.91 Å². The first-order chi connectivity index (χ1) is 9.08. The van der Waals surface area contributed by atoms with E-state index in [9.17, 15) is 4.79 Å². The van der Waals surface area contributed by atoms with Crippen LogP contribution in [-0.4, -0.2) is 25.0 Å². The largest absolute Gasteiger partial charge is 0.378 e. The van der Waals surface area contributed by atoms with E-state index in [0.717, 1.165) is 16.9 Å². The Hall–Kier alpha value is -2.36. The van der Waals surface area contributed by atoms with Crippen LogP contribution in [0.3, 0.4) is 0 Å². The standard InChI is InChI=1S/C15H17N3O/c1-11-7-8-16-10-14(11)17-15(19)12-5-4-6-13(9-12)18(2)3/h4-10H,1-3H3,(H,17,19). The topological polar surface area (TPSA) is 45.2 Å². The summed E-state index contributed by atoms with van der Waals surface area (Å²) in [4.78, 5) is 18.2. The molecule has 1 aromatic heterocycles. The zero-order chi connectivity index (χ0) is 13.8. The number of carbonyl (C=O) groups is 1. The lowest BCUT2D eigenvalue weighted by molar-refractivity contribution is 0.102. The van der Waals surface area contributed by atoms with Crippen LogP contribution in [0.1, 0.15) is 15.9 Å². The molecule has 2 aromatic rings. The number of rotatable bonds is 3. The number of amides is 1. The van der Waals surface area contributed by atoms with Gasteiger partial charge in [-0.3, -0.25) is 9.78 Å². The van der Waals surface area contributed by atoms with Crippen LogP contribution in [0.15, 0.2) is 42.7 Å². The minimum atomic E-state index is -0.125. The molecule has 0 saturated carbocycles. The van der Waals surface area contributed by atoms with E-state index < -0.39 is 0 Å². The van der Waals surface area contributed by atoms with Crippen molar-refractivity contribution in [3.05, 3.63) is 53.9 Å². The number of pyridine rings is 1. The zero-order valence-electron chi connectivity index (χ0n) is 11.3. The molecule has 2 rings (SSSR count). The number of nitrogens with zero attached hydrogens (tertiary/aromatic N) is 2. The van der Waals surface area contributed by atoms with Gasteiger partial charge in [-0.1, -0.05) is 6.07 Å². The summed E-state index contributed by atoms with van der Waals surface area (Å²) in [7, 11) is 3.89. The third-order valence-corrected chi connectivity index (χ3v) is 2.91. The summed E-state index contributed by atoms with van der Waals surface area (Å²) in [5, 5.41) is 2.87. The molecule has 1 N–H and O–H groups in total. The minimum Gasteiger partial charge on any atom is -0.378 e. The Morgan fingerprint density at radius 1 is 1.26 bits per heavy atom. The van der Waals surface area contributed by atoms with Crippen LogP contribution in [0.5, 0.6) is 0 Å². The van der Waals surface area contributed by atoms with E-state index >= 15 is 0 Å². The van der Waals surface area contributed by atoms with Crippen LogP contribution in [0.2, 0.25) is 0 Å². The van der Waals surface area contributed by atoms with Gasteiger partial charge in [0.2, 0.25) is 0 Å². The Bertz CT molecular complexity index is 593. The molecule has 0 spiro atoms. The van der Waals surface area contributed by atoms with E-state index in [-0.39, 0.29) is 5.91 Å². The Morgan fingerprint density at radius 2 is 2.05 bits per heavy atom. The summed E-state index contributed by atoms with van der Waals surface area (Å²) in [5.74, 6) is -0.125. The fourth-order valence-corrected chi connectivity index (χ4v) is 1.71. The molecule has 19 heavy (non-hydrogen) atoms. The molecule has 1 amide bonds. The van der Waals surface area contributed by atoms with Gasteiger partial charge in [0.1, 0.15) is 0 Å². The molecule has 0 bridgehead atoms. The zero-order valence-corrected chi connectivity index (χ0v) is 11.3. The number of hydrogen-bond donors (Lipinski definition) is 1. The Balaban J connectivity index is 2.21. The van der Waals surface area contributed by atoms with Crippen molar-refractivity contribution in [3.63, 3.8) is 0 Å². The quantitative estimate of drug-likeness (QED) is 0.917. The number of hydrogen-bond acceptors (Lipinski definition) is 3. The molecule has 0 fully saturated rings. The van der Waals surface area contributed by atoms with Gasteiger partial charge in [-0.05, 0) is 36.8 Å². The molecular formula is C15H17N3O. The normalized spacial score (nSPS) is 10.1. The first-order valence-electron chi connectivity index (χ1n) is 6.07. The van der Waals surface area contributed by atoms with Crippen molar-refractivity contribution >= 4 is 17.3 Å². The van der Waals surface area contributed by atoms with Gasteiger partial charge in [0.15, 0.2) is 0 Å². The minimum absolute atomic E-state index is 0.125. The number of aryl methyl sites for hydroxylation is 1. The van der Waals surface area contributed by atoms with Crippen LogP contribution < -0.4 is 10.2 Å². The molecule has 1 heterocycles. The third-order valence-electron chi connectivity index (χ3n) is 2.91. The molecule has 4 nitrogen and oxygen atoms in total. The SMILES string of the molecule is Cc1ccncc1NC(=O)c1cccc(N(C)C)c1. The molecule has 0 aliphatic heterocycles. The lowest BCUT2D eigenvalue weighted by Crippen LogP contribution is -2.14. The Kier molecular flexibility index (Phi) is 3.80. The molecular weight excluding hydrogens is 238 g/mol. The fourth-order valence-electron chi connectivity index (χ4n) is 1.71. The first kappa shape index (κ1) is 13.1. The van der Waals surface area contributed by atoms with Gasteiger partial charge in [-0.15, -0.1) is 0 Å². The lowest BCUT2D eigenvalue weighted by atomic mass is 10.1. The van der Waals surface area contributed by atoms with Gasteiger partial charge in [-0.25, -0.2) is 0 Å². The molecule has 0 atom stereocenters. The number of nitrogens with one attached hydrogen (secondary N) is 1. The van der Waals surface area contributed by atoms with Crippen molar-refractivity contribution in [1.29, 1.82) is 0 Å². The fraction of sp³-hybridized carbons (Fsp3) is 0.200. The van der Waals surface area contributed by atoms with Crippen LogP contribution in [-0.2, 0) is 0 Å². The lowest BCUT2D eigenvalue weighted by Gasteiger charge is -2.13. The van der Waals surface area contributed by atoms with E-state index in [1.807, 2.05) is 50.2 Å². The van der Waals surface area contributed by atoms with Gasteiger partial charge < -0.3 is 10.2 Å². The Labute approximate surface area is 113 Å². The second-order valence-electron chi connectivity index (χ2n) is 4.59. The Morgan fingerprint density at radius 3 is 2.74 bits per heavy atom. The third kappa shape index (κ3) is 3.10. The first-order valence-corrected chi connectivity index (χ1v) is 6.07. The van der Waals surface area contributed by atoms with Crippen molar-refractivity contribution in [2.75, 3.05) is 24.3 Å². The molecule has 4 heteroatoms. The van der Waals surface area contributed by atoms with Crippen LogP contribution >= 0.6 is 0 Å². The maximum absolute atomic E-state index is 12.2. The maximum atomic E-state index is 12.2. The summed E-state index contributed by atoms with van der Waals surface area (Å²) in [6, 6.07) is 9.37. The number of benzene rings is 1. The van der Waals surface area contributed by atoms with Crippen molar-refractivity contribution in [2.24, 2.45) is 0 Å². The highest BCUT2D eigenvalue weighted by Crippen LogP contribution is 2.16. The highest BCUT2D eigenvalue weighted by atomic mass is 16.1. The van der Waals surface area contributed by atoms with Crippen molar-refractivity contribution < 1.29 is 4.79 Å². The number of carbonyl (C=O) groups excluding carboxylic acids is 1. The van der Waals surface area contributed by atoms with Crippen molar-refractivity contribution in [1.82, 2.24) is 4.98 Å². The summed E-state index contributed by atoms with van der Waals surface area (Å²) < 4.78 is 0. The van der Waals surface area contributed by atoms with Crippen molar-refractivity contribution in [2.45, 2.75) is 6.92 Å². The molecule has 0 saturated heterocycles. The van der Waals surface area contributed by atoms with Crippen LogP contribution in [0.25, 0.3) is 0 Å². The molecule has 1 aromatic carbocycles. The number of aromatic nitrogens is 1. The predicted molar refractivity (Wildman–Crippen MR) is 77.7 cm³/mol. The average Bonchev–Trinajstić information content (AvgIpc) is 2.41. The predicted octanol–water partition coefficient (Wildman–Crippen LogP) is 2.71. The smallest absolute Gasteiger partial charge is 0.255 e. The average molecular weight is 255 g/mol. The molecule has 0 aliphatic rings. The van der Waals surface area contributed by atoms with E-state index in [0.29, 0.717) is 5.56 Å². The van der Waals surface area contributed by atoms with Crippen LogP contribution in [0.4, 0.5) is 11.4 Å². The van der Waals surface area contributed by atoms with Gasteiger partial charge in [0.05, 0.1) is 11.9 Å². The molecule has 0 unspecified atom stereocenters. The van der Waals surface area contributed by atoms with Gasteiger partial charge >= 0.3 is 0 Å². The molecule has 0 aliphatic carbocycles. The van der Waals surface area contributed by atoms with Gasteiger partial charge in [-0.2, -0.15) is 0 Å². The van der Waals surface area contributed by atoms with Crippen molar-refractivity contribution in [3.8, 4) is 0 Å². The maximum Gasteiger partial charge on any atom is 0.255 e. The van der Waals surface area contributed by atoms with E-state index in [1.54, 1.807) is 18.5 Å². The van der Waals surface area contributed by atoms with E-state index in [1.165, 1.54) is 0 Å². The summed E-state index contributed by atoms with van der Waals surface area (Å²) >= 11 is 0. The highest BCUT2D eigenvalue weighted by molar-refractivity contribution is 6.05. The molecule has 0 radical (unpaired) electrons. The van der Waals surface area contributed by atoms with Gasteiger partial charge in [0, 0.05) is 31.5 Å². The van der Waals surface area contributed by atoms with E-state index in [2.05, 4.69) is 10.3 Å². The second kappa shape index (κ2) is 5.52. The summed E-state index contributed by atoms with van der Waals surface area (Å²) in [6.45, 7) is 1.94. The monoisotopic (exact) mass is 255 g/mol. The second-order valence-corrected chi connectivity index (χ2v) is 4.59. The highest BCUT2D eigenvalue weighted by Gasteiger charge is 2.08. The van der Waals surface area contributed by atoms with Crippen LogP contribution in [0, 0.1) is 6.92 Å². The van der Waals surface area contributed by atoms with E-state index in [4.69, 9.17) is 0 Å².